The average molecular weight is 472 g/mol. The maximum absolute atomic E-state index is 13.6. The summed E-state index contributed by atoms with van der Waals surface area (Å²) in [5.41, 5.74) is 1.79. The van der Waals surface area contributed by atoms with Crippen LogP contribution in [-0.2, 0) is 15.7 Å². The number of carbonyl (C=O) groups excluding carboxylic acids is 1. The van der Waals surface area contributed by atoms with Crippen molar-refractivity contribution in [2.45, 2.75) is 62.2 Å². The van der Waals surface area contributed by atoms with Crippen LogP contribution in [0.2, 0.25) is 0 Å². The number of allylic oxidation sites excluding steroid dienone is 3. The molecular formula is C31H35O2S+. The van der Waals surface area contributed by atoms with E-state index in [9.17, 15) is 4.79 Å². The standard InChI is InChI=1S/C31H35O2S/c1-5-10-26(6-2)34(27-11-8-7-9-12-27)28-13-21(3)29(22(4)14-28)33-30(32)31-18-23-15-24(19-31)17-25(16-23)20-31/h5-14,23-25H,1-2,15-20H2,3-4H3/q+1/b26-10+. The summed E-state index contributed by atoms with van der Waals surface area (Å²) in [6.07, 6.45) is 12.8. The Bertz CT molecular complexity index is 1080. The Labute approximate surface area is 207 Å². The zero-order chi connectivity index (χ0) is 23.9. The van der Waals surface area contributed by atoms with E-state index in [-0.39, 0.29) is 22.3 Å². The fraction of sp³-hybridized carbons (Fsp3) is 0.387. The van der Waals surface area contributed by atoms with Crippen molar-refractivity contribution in [3.05, 3.63) is 89.9 Å². The maximum Gasteiger partial charge on any atom is 0.317 e. The predicted molar refractivity (Wildman–Crippen MR) is 141 cm³/mol. The number of rotatable bonds is 7. The van der Waals surface area contributed by atoms with Gasteiger partial charge in [-0.1, -0.05) is 37.4 Å². The van der Waals surface area contributed by atoms with Crippen molar-refractivity contribution in [2.75, 3.05) is 0 Å². The first-order chi connectivity index (χ1) is 16.4. The van der Waals surface area contributed by atoms with Gasteiger partial charge < -0.3 is 4.74 Å². The van der Waals surface area contributed by atoms with E-state index >= 15 is 0 Å². The highest BCUT2D eigenvalue weighted by Gasteiger charge is 2.55. The van der Waals surface area contributed by atoms with Gasteiger partial charge >= 0.3 is 5.97 Å². The lowest BCUT2D eigenvalue weighted by atomic mass is 9.49. The zero-order valence-electron chi connectivity index (χ0n) is 20.4. The van der Waals surface area contributed by atoms with Crippen LogP contribution in [0.4, 0.5) is 0 Å². The summed E-state index contributed by atoms with van der Waals surface area (Å²) in [6.45, 7) is 12.1. The largest absolute Gasteiger partial charge is 0.426 e. The maximum atomic E-state index is 13.6. The second-order valence-electron chi connectivity index (χ2n) is 10.6. The third kappa shape index (κ3) is 4.20. The second kappa shape index (κ2) is 9.26. The van der Waals surface area contributed by atoms with E-state index in [1.807, 2.05) is 24.3 Å². The van der Waals surface area contributed by atoms with Crippen LogP contribution in [0.25, 0.3) is 0 Å². The molecule has 1 atom stereocenters. The minimum atomic E-state index is -0.308. The fourth-order valence-corrected chi connectivity index (χ4v) is 9.29. The van der Waals surface area contributed by atoms with Gasteiger partial charge in [-0.3, -0.25) is 4.79 Å². The predicted octanol–water partition coefficient (Wildman–Crippen LogP) is 7.72. The van der Waals surface area contributed by atoms with E-state index in [2.05, 4.69) is 63.4 Å². The Morgan fingerprint density at radius 3 is 2.00 bits per heavy atom. The number of benzene rings is 2. The van der Waals surface area contributed by atoms with Gasteiger partial charge in [0.15, 0.2) is 14.7 Å². The molecule has 0 radical (unpaired) electrons. The number of esters is 1. The molecule has 176 valence electrons. The molecule has 2 aromatic rings. The molecule has 0 aliphatic heterocycles. The van der Waals surface area contributed by atoms with Crippen molar-refractivity contribution >= 4 is 16.9 Å². The molecule has 4 fully saturated rings. The molecule has 4 aliphatic rings. The van der Waals surface area contributed by atoms with Crippen LogP contribution in [0, 0.1) is 37.0 Å². The summed E-state index contributed by atoms with van der Waals surface area (Å²) in [7, 11) is -0.308. The molecule has 0 saturated heterocycles. The quantitative estimate of drug-likeness (QED) is 0.179. The molecule has 4 aliphatic carbocycles. The van der Waals surface area contributed by atoms with Crippen molar-refractivity contribution < 1.29 is 9.53 Å². The van der Waals surface area contributed by atoms with E-state index in [0.717, 1.165) is 58.8 Å². The Hall–Kier alpha value is -2.52. The molecule has 4 bridgehead atoms. The van der Waals surface area contributed by atoms with Crippen LogP contribution in [-0.4, -0.2) is 5.97 Å². The summed E-state index contributed by atoms with van der Waals surface area (Å²) in [5.74, 6) is 2.94. The second-order valence-corrected chi connectivity index (χ2v) is 12.6. The number of aryl methyl sites for hydroxylation is 2. The van der Waals surface area contributed by atoms with Crippen molar-refractivity contribution in [1.82, 2.24) is 0 Å². The third-order valence-corrected chi connectivity index (χ3v) is 10.3. The molecule has 0 N–H and O–H groups in total. The molecule has 0 amide bonds. The SMILES string of the molecule is C=C/C=C(\C=C)[S+](c1ccccc1)c1cc(C)c(OC(=O)C23CC4CC(CC(C4)C2)C3)c(C)c1. The Morgan fingerprint density at radius 2 is 1.50 bits per heavy atom. The minimum absolute atomic E-state index is 0.0194. The van der Waals surface area contributed by atoms with E-state index in [1.54, 1.807) is 0 Å². The van der Waals surface area contributed by atoms with Gasteiger partial charge in [-0.25, -0.2) is 0 Å². The first kappa shape index (κ1) is 23.2. The minimum Gasteiger partial charge on any atom is -0.426 e. The van der Waals surface area contributed by atoms with Gasteiger partial charge in [-0.05, 0) is 106 Å². The summed E-state index contributed by atoms with van der Waals surface area (Å²) < 4.78 is 6.25. The molecule has 3 heteroatoms. The van der Waals surface area contributed by atoms with Gasteiger partial charge in [0.25, 0.3) is 0 Å². The number of carbonyl (C=O) groups is 1. The first-order valence-electron chi connectivity index (χ1n) is 12.5. The molecule has 2 nitrogen and oxygen atoms in total. The van der Waals surface area contributed by atoms with Crippen LogP contribution in [0.5, 0.6) is 5.75 Å². The number of hydrogen-bond donors (Lipinski definition) is 0. The Balaban J connectivity index is 1.46. The van der Waals surface area contributed by atoms with E-state index in [4.69, 9.17) is 4.74 Å². The van der Waals surface area contributed by atoms with Gasteiger partial charge in [0.2, 0.25) is 0 Å². The first-order valence-corrected chi connectivity index (χ1v) is 13.7. The monoisotopic (exact) mass is 471 g/mol. The van der Waals surface area contributed by atoms with E-state index in [1.165, 1.54) is 29.1 Å². The topological polar surface area (TPSA) is 26.3 Å². The highest BCUT2D eigenvalue weighted by molar-refractivity contribution is 8.00. The molecule has 0 aromatic heterocycles. The number of hydrogen-bond acceptors (Lipinski definition) is 2. The third-order valence-electron chi connectivity index (χ3n) is 8.03. The highest BCUT2D eigenvalue weighted by atomic mass is 32.2. The van der Waals surface area contributed by atoms with Crippen molar-refractivity contribution in [3.8, 4) is 5.75 Å². The van der Waals surface area contributed by atoms with E-state index < -0.39 is 0 Å². The molecule has 2 aromatic carbocycles. The molecule has 6 rings (SSSR count). The van der Waals surface area contributed by atoms with Gasteiger partial charge in [-0.15, -0.1) is 0 Å². The van der Waals surface area contributed by atoms with Gasteiger partial charge in [0.05, 0.1) is 16.3 Å². The summed E-state index contributed by atoms with van der Waals surface area (Å²) in [5, 5.41) is 0. The Kier molecular flexibility index (Phi) is 6.33. The van der Waals surface area contributed by atoms with Crippen LogP contribution >= 0.6 is 0 Å². The van der Waals surface area contributed by atoms with E-state index in [0.29, 0.717) is 0 Å². The molecule has 4 saturated carbocycles. The molecule has 1 unspecified atom stereocenters. The van der Waals surface area contributed by atoms with Crippen LogP contribution in [0.15, 0.2) is 88.5 Å². The zero-order valence-corrected chi connectivity index (χ0v) is 21.2. The average Bonchev–Trinajstić information content (AvgIpc) is 2.80. The summed E-state index contributed by atoms with van der Waals surface area (Å²) >= 11 is 0. The van der Waals surface area contributed by atoms with Crippen LogP contribution in [0.1, 0.15) is 49.7 Å². The van der Waals surface area contributed by atoms with Crippen molar-refractivity contribution in [1.29, 1.82) is 0 Å². The smallest absolute Gasteiger partial charge is 0.317 e. The lowest BCUT2D eigenvalue weighted by Crippen LogP contribution is -2.51. The molecule has 0 heterocycles. The van der Waals surface area contributed by atoms with Crippen molar-refractivity contribution in [2.24, 2.45) is 23.2 Å². The van der Waals surface area contributed by atoms with Gasteiger partial charge in [-0.2, -0.15) is 0 Å². The van der Waals surface area contributed by atoms with Crippen molar-refractivity contribution in [3.63, 3.8) is 0 Å². The molecule has 34 heavy (non-hydrogen) atoms. The summed E-state index contributed by atoms with van der Waals surface area (Å²) in [4.78, 5) is 17.1. The van der Waals surface area contributed by atoms with Crippen LogP contribution < -0.4 is 4.74 Å². The lowest BCUT2D eigenvalue weighted by Gasteiger charge is -2.55. The summed E-state index contributed by atoms with van der Waals surface area (Å²) in [6, 6.07) is 14.9. The highest BCUT2D eigenvalue weighted by Crippen LogP contribution is 2.60. The Morgan fingerprint density at radius 1 is 0.941 bits per heavy atom. The number of ether oxygens (including phenoxy) is 1. The van der Waals surface area contributed by atoms with Crippen LogP contribution in [0.3, 0.4) is 0 Å². The molecular weight excluding hydrogens is 436 g/mol. The van der Waals surface area contributed by atoms with Gasteiger partial charge in [0, 0.05) is 12.1 Å². The fourth-order valence-electron chi connectivity index (χ4n) is 7.05. The molecule has 0 spiro atoms. The normalized spacial score (nSPS) is 28.4. The van der Waals surface area contributed by atoms with Gasteiger partial charge in [0.1, 0.15) is 5.75 Å². The lowest BCUT2D eigenvalue weighted by molar-refractivity contribution is -0.161.